The summed E-state index contributed by atoms with van der Waals surface area (Å²) in [5, 5.41) is 23.1. The number of rotatable bonds is 3. The molecule has 6 nitrogen and oxygen atoms in total. The second kappa shape index (κ2) is 5.45. The van der Waals surface area contributed by atoms with Crippen LogP contribution in [0.1, 0.15) is 45.1 Å². The lowest BCUT2D eigenvalue weighted by molar-refractivity contribution is -0.385. The fourth-order valence-corrected chi connectivity index (χ4v) is 2.68. The highest BCUT2D eigenvalue weighted by molar-refractivity contribution is 5.56. The Balaban J connectivity index is 2.25. The number of hydrogen-bond donors (Lipinski definition) is 1. The van der Waals surface area contributed by atoms with E-state index in [0.717, 1.165) is 19.3 Å². The Kier molecular flexibility index (Phi) is 3.89. The monoisotopic (exact) mass is 274 g/mol. The minimum absolute atomic E-state index is 0.133. The first-order valence-corrected chi connectivity index (χ1v) is 6.75. The summed E-state index contributed by atoms with van der Waals surface area (Å²) in [5.41, 5.74) is 0.199. The second-order valence-electron chi connectivity index (χ2n) is 5.89. The quantitative estimate of drug-likeness (QED) is 0.674. The number of nitrogens with zero attached hydrogens (tertiary/aromatic N) is 3. The molecule has 106 valence electrons. The fourth-order valence-electron chi connectivity index (χ4n) is 2.68. The summed E-state index contributed by atoms with van der Waals surface area (Å²) >= 11 is 0. The Labute approximate surface area is 118 Å². The van der Waals surface area contributed by atoms with Crippen LogP contribution in [-0.4, -0.2) is 15.9 Å². The summed E-state index contributed by atoms with van der Waals surface area (Å²) in [6.07, 6.45) is 5.70. The van der Waals surface area contributed by atoms with E-state index in [4.69, 9.17) is 5.26 Å². The largest absolute Gasteiger partial charge is 0.366 e. The third kappa shape index (κ3) is 2.87. The number of hydrogen-bond acceptors (Lipinski definition) is 5. The van der Waals surface area contributed by atoms with Gasteiger partial charge < -0.3 is 5.32 Å². The first-order valence-electron chi connectivity index (χ1n) is 6.75. The zero-order chi connectivity index (χ0) is 14.8. The van der Waals surface area contributed by atoms with Crippen LogP contribution in [0.25, 0.3) is 0 Å². The van der Waals surface area contributed by atoms with Crippen LogP contribution in [0.5, 0.6) is 0 Å². The maximum absolute atomic E-state index is 10.7. The summed E-state index contributed by atoms with van der Waals surface area (Å²) in [6, 6.07) is 3.48. The molecule has 1 fully saturated rings. The summed E-state index contributed by atoms with van der Waals surface area (Å²) in [4.78, 5) is 14.2. The van der Waals surface area contributed by atoms with Gasteiger partial charge in [-0.2, -0.15) is 5.26 Å². The van der Waals surface area contributed by atoms with Crippen LogP contribution in [0.15, 0.2) is 12.3 Å². The highest BCUT2D eigenvalue weighted by Gasteiger charge is 2.32. The van der Waals surface area contributed by atoms with E-state index in [1.54, 1.807) is 0 Å². The van der Waals surface area contributed by atoms with Gasteiger partial charge in [0.15, 0.2) is 0 Å². The van der Waals surface area contributed by atoms with Crippen LogP contribution in [0.4, 0.5) is 11.5 Å². The topological polar surface area (TPSA) is 91.8 Å². The van der Waals surface area contributed by atoms with E-state index in [1.807, 2.05) is 6.07 Å². The molecule has 1 saturated carbocycles. The van der Waals surface area contributed by atoms with Gasteiger partial charge in [0.25, 0.3) is 5.69 Å². The Bertz CT molecular complexity index is 563. The van der Waals surface area contributed by atoms with Crippen molar-refractivity contribution in [2.45, 2.75) is 45.6 Å². The van der Waals surface area contributed by atoms with Gasteiger partial charge in [0.1, 0.15) is 23.6 Å². The summed E-state index contributed by atoms with van der Waals surface area (Å²) in [7, 11) is 0. The van der Waals surface area contributed by atoms with Gasteiger partial charge in [-0.15, -0.1) is 0 Å². The van der Waals surface area contributed by atoms with Gasteiger partial charge in [0.2, 0.25) is 0 Å². The van der Waals surface area contributed by atoms with Crippen LogP contribution >= 0.6 is 0 Å². The van der Waals surface area contributed by atoms with Gasteiger partial charge in [-0.25, -0.2) is 4.98 Å². The fraction of sp³-hybridized carbons (Fsp3) is 0.571. The number of nitro groups is 1. The molecule has 1 N–H and O–H groups in total. The normalized spacial score (nSPS) is 20.9. The van der Waals surface area contributed by atoms with E-state index in [9.17, 15) is 10.1 Å². The van der Waals surface area contributed by atoms with Gasteiger partial charge in [0, 0.05) is 12.1 Å². The molecule has 1 aromatic rings. The van der Waals surface area contributed by atoms with Crippen molar-refractivity contribution >= 4 is 11.5 Å². The molecule has 20 heavy (non-hydrogen) atoms. The van der Waals surface area contributed by atoms with E-state index in [1.165, 1.54) is 18.7 Å². The van der Waals surface area contributed by atoms with Crippen LogP contribution < -0.4 is 5.32 Å². The van der Waals surface area contributed by atoms with Crippen LogP contribution in [0, 0.1) is 26.9 Å². The van der Waals surface area contributed by atoms with Crippen molar-refractivity contribution in [2.75, 3.05) is 5.32 Å². The molecule has 1 heterocycles. The molecule has 2 rings (SSSR count). The summed E-state index contributed by atoms with van der Waals surface area (Å²) < 4.78 is 0. The minimum atomic E-state index is -0.540. The molecular formula is C14H18N4O2. The molecule has 1 aromatic heterocycles. The van der Waals surface area contributed by atoms with E-state index in [-0.39, 0.29) is 22.7 Å². The van der Waals surface area contributed by atoms with Crippen molar-refractivity contribution < 1.29 is 4.92 Å². The average Bonchev–Trinajstić information content (AvgIpc) is 2.41. The number of anilines is 1. The standard InChI is InChI=1S/C14H18N4O2/c1-14(2)6-4-3-5-12(14)17-13-10(8-15)7-11(9-16-13)18(19)20/h7,9,12H,3-6H2,1-2H3,(H,16,17). The molecule has 0 amide bonds. The zero-order valence-corrected chi connectivity index (χ0v) is 11.7. The number of pyridine rings is 1. The molecular weight excluding hydrogens is 256 g/mol. The van der Waals surface area contributed by atoms with Crippen molar-refractivity contribution in [3.05, 3.63) is 27.9 Å². The molecule has 0 radical (unpaired) electrons. The van der Waals surface area contributed by atoms with Gasteiger partial charge in [-0.3, -0.25) is 10.1 Å². The Morgan fingerprint density at radius 2 is 2.30 bits per heavy atom. The van der Waals surface area contributed by atoms with Gasteiger partial charge >= 0.3 is 0 Å². The Hall–Kier alpha value is -2.16. The zero-order valence-electron chi connectivity index (χ0n) is 11.7. The highest BCUT2D eigenvalue weighted by Crippen LogP contribution is 2.37. The third-order valence-electron chi connectivity index (χ3n) is 4.02. The SMILES string of the molecule is CC1(C)CCCCC1Nc1ncc([N+](=O)[O-])cc1C#N. The first-order chi connectivity index (χ1) is 9.44. The van der Waals surface area contributed by atoms with Crippen LogP contribution in [0.3, 0.4) is 0 Å². The molecule has 0 saturated heterocycles. The van der Waals surface area contributed by atoms with Gasteiger partial charge in [-0.05, 0) is 18.3 Å². The van der Waals surface area contributed by atoms with Gasteiger partial charge in [0.05, 0.1) is 4.92 Å². The number of aromatic nitrogens is 1. The smallest absolute Gasteiger partial charge is 0.289 e. The predicted octanol–water partition coefficient (Wildman–Crippen LogP) is 3.24. The second-order valence-corrected chi connectivity index (χ2v) is 5.89. The minimum Gasteiger partial charge on any atom is -0.366 e. The molecule has 6 heteroatoms. The predicted molar refractivity (Wildman–Crippen MR) is 75.3 cm³/mol. The van der Waals surface area contributed by atoms with Gasteiger partial charge in [-0.1, -0.05) is 26.7 Å². The van der Waals surface area contributed by atoms with Crippen LogP contribution in [0.2, 0.25) is 0 Å². The van der Waals surface area contributed by atoms with Crippen molar-refractivity contribution in [2.24, 2.45) is 5.41 Å². The molecule has 1 aliphatic carbocycles. The highest BCUT2D eigenvalue weighted by atomic mass is 16.6. The summed E-state index contributed by atoms with van der Waals surface area (Å²) in [5.74, 6) is 0.443. The first kappa shape index (κ1) is 14.3. The maximum atomic E-state index is 10.7. The lowest BCUT2D eigenvalue weighted by Crippen LogP contribution is -2.39. The molecule has 0 aromatic carbocycles. The van der Waals surface area contributed by atoms with Crippen molar-refractivity contribution in [1.82, 2.24) is 4.98 Å². The molecule has 1 aliphatic rings. The summed E-state index contributed by atoms with van der Waals surface area (Å²) in [6.45, 7) is 4.39. The molecule has 1 unspecified atom stereocenters. The van der Waals surface area contributed by atoms with Crippen molar-refractivity contribution in [1.29, 1.82) is 5.26 Å². The van der Waals surface area contributed by atoms with E-state index in [0.29, 0.717) is 5.82 Å². The molecule has 0 bridgehead atoms. The number of nitriles is 1. The molecule has 1 atom stereocenters. The molecule has 0 spiro atoms. The van der Waals surface area contributed by atoms with E-state index >= 15 is 0 Å². The number of nitrogens with one attached hydrogen (secondary N) is 1. The third-order valence-corrected chi connectivity index (χ3v) is 4.02. The Morgan fingerprint density at radius 1 is 1.55 bits per heavy atom. The average molecular weight is 274 g/mol. The Morgan fingerprint density at radius 3 is 2.90 bits per heavy atom. The van der Waals surface area contributed by atoms with Crippen LogP contribution in [-0.2, 0) is 0 Å². The van der Waals surface area contributed by atoms with E-state index in [2.05, 4.69) is 24.1 Å². The molecule has 0 aliphatic heterocycles. The van der Waals surface area contributed by atoms with Crippen molar-refractivity contribution in [3.63, 3.8) is 0 Å². The van der Waals surface area contributed by atoms with E-state index < -0.39 is 4.92 Å². The van der Waals surface area contributed by atoms with Crippen molar-refractivity contribution in [3.8, 4) is 6.07 Å². The lowest BCUT2D eigenvalue weighted by atomic mass is 9.73. The maximum Gasteiger partial charge on any atom is 0.289 e. The lowest BCUT2D eigenvalue weighted by Gasteiger charge is -2.39.